The molecule has 2 amide bonds. The van der Waals surface area contributed by atoms with E-state index in [4.69, 9.17) is 16.3 Å². The molecule has 0 aliphatic heterocycles. The number of amides is 2. The average molecular weight is 460 g/mol. The lowest BCUT2D eigenvalue weighted by Gasteiger charge is -2.09. The molecule has 0 saturated carbocycles. The standard InChI is InChI=1S/C26H22ClN3O3/c1-17-7-12-23(18(2)13-17)30-26(32)20(15-28)14-19-8-10-21(11-9-19)33-16-25(31)29-24-6-4-3-5-22(24)27/h3-14H,16H2,1-2H3,(H,29,31)(H,30,32)/b20-14+. The van der Waals surface area contributed by atoms with E-state index in [0.717, 1.165) is 11.1 Å². The van der Waals surface area contributed by atoms with Crippen LogP contribution in [0, 0.1) is 25.2 Å². The lowest BCUT2D eigenvalue weighted by Crippen LogP contribution is -2.20. The minimum absolute atomic E-state index is 0.0252. The van der Waals surface area contributed by atoms with Gasteiger partial charge in [0.15, 0.2) is 6.61 Å². The second kappa shape index (κ2) is 11.0. The number of aryl methyl sites for hydroxylation is 2. The van der Waals surface area contributed by atoms with E-state index in [0.29, 0.717) is 27.7 Å². The van der Waals surface area contributed by atoms with E-state index in [2.05, 4.69) is 10.6 Å². The molecule has 0 unspecified atom stereocenters. The fourth-order valence-corrected chi connectivity index (χ4v) is 3.20. The average Bonchev–Trinajstić information content (AvgIpc) is 2.80. The summed E-state index contributed by atoms with van der Waals surface area (Å²) in [6.07, 6.45) is 1.49. The number of hydrogen-bond donors (Lipinski definition) is 2. The van der Waals surface area contributed by atoms with Crippen LogP contribution in [0.5, 0.6) is 5.75 Å². The molecule has 0 fully saturated rings. The van der Waals surface area contributed by atoms with E-state index in [1.807, 2.05) is 38.1 Å². The number of hydrogen-bond acceptors (Lipinski definition) is 4. The Morgan fingerprint density at radius 1 is 1.00 bits per heavy atom. The van der Waals surface area contributed by atoms with Crippen molar-refractivity contribution in [2.24, 2.45) is 0 Å². The second-order valence-electron chi connectivity index (χ2n) is 7.33. The van der Waals surface area contributed by atoms with E-state index >= 15 is 0 Å². The van der Waals surface area contributed by atoms with Crippen molar-refractivity contribution in [3.8, 4) is 11.8 Å². The number of nitriles is 1. The predicted molar refractivity (Wildman–Crippen MR) is 130 cm³/mol. The first kappa shape index (κ1) is 23.6. The van der Waals surface area contributed by atoms with E-state index in [1.165, 1.54) is 6.08 Å². The van der Waals surface area contributed by atoms with E-state index in [-0.39, 0.29) is 18.1 Å². The number of halogens is 1. The van der Waals surface area contributed by atoms with Gasteiger partial charge in [-0.05, 0) is 61.4 Å². The summed E-state index contributed by atoms with van der Waals surface area (Å²) >= 11 is 6.03. The van der Waals surface area contributed by atoms with Crippen molar-refractivity contribution < 1.29 is 14.3 Å². The number of rotatable bonds is 7. The Labute approximate surface area is 197 Å². The van der Waals surface area contributed by atoms with Gasteiger partial charge in [0, 0.05) is 5.69 Å². The van der Waals surface area contributed by atoms with Gasteiger partial charge in [-0.25, -0.2) is 0 Å². The molecule has 0 saturated heterocycles. The molecule has 0 bridgehead atoms. The number of ether oxygens (including phenoxy) is 1. The number of carbonyl (C=O) groups excluding carboxylic acids is 2. The van der Waals surface area contributed by atoms with Crippen molar-refractivity contribution in [1.29, 1.82) is 5.26 Å². The van der Waals surface area contributed by atoms with Crippen LogP contribution in [0.15, 0.2) is 72.3 Å². The largest absolute Gasteiger partial charge is 0.484 e. The zero-order valence-corrected chi connectivity index (χ0v) is 18.9. The first-order valence-electron chi connectivity index (χ1n) is 10.1. The van der Waals surface area contributed by atoms with Gasteiger partial charge in [0.2, 0.25) is 0 Å². The van der Waals surface area contributed by atoms with Crippen molar-refractivity contribution in [2.75, 3.05) is 17.2 Å². The molecule has 7 heteroatoms. The van der Waals surface area contributed by atoms with Gasteiger partial charge in [0.25, 0.3) is 11.8 Å². The fourth-order valence-electron chi connectivity index (χ4n) is 3.02. The second-order valence-corrected chi connectivity index (χ2v) is 7.74. The van der Waals surface area contributed by atoms with Gasteiger partial charge in [-0.3, -0.25) is 9.59 Å². The quantitative estimate of drug-likeness (QED) is 0.359. The highest BCUT2D eigenvalue weighted by Gasteiger charge is 2.11. The van der Waals surface area contributed by atoms with Crippen LogP contribution in [0.25, 0.3) is 6.08 Å². The van der Waals surface area contributed by atoms with Gasteiger partial charge in [0.05, 0.1) is 10.7 Å². The SMILES string of the molecule is Cc1ccc(NC(=O)/C(C#N)=C/c2ccc(OCC(=O)Nc3ccccc3Cl)cc2)c(C)c1. The summed E-state index contributed by atoms with van der Waals surface area (Å²) in [7, 11) is 0. The summed E-state index contributed by atoms with van der Waals surface area (Å²) in [5.41, 5.74) is 3.80. The van der Waals surface area contributed by atoms with Crippen LogP contribution >= 0.6 is 11.6 Å². The third-order valence-electron chi connectivity index (χ3n) is 4.70. The Kier molecular flexibility index (Phi) is 7.85. The lowest BCUT2D eigenvalue weighted by molar-refractivity contribution is -0.118. The third kappa shape index (κ3) is 6.70. The number of carbonyl (C=O) groups is 2. The summed E-state index contributed by atoms with van der Waals surface area (Å²) < 4.78 is 5.50. The van der Waals surface area contributed by atoms with Crippen LogP contribution < -0.4 is 15.4 Å². The normalized spacial score (nSPS) is 10.8. The van der Waals surface area contributed by atoms with Crippen LogP contribution in [-0.4, -0.2) is 18.4 Å². The molecule has 6 nitrogen and oxygen atoms in total. The molecule has 3 aromatic rings. The molecule has 0 aliphatic rings. The Bertz CT molecular complexity index is 1240. The molecule has 0 radical (unpaired) electrons. The van der Waals surface area contributed by atoms with E-state index < -0.39 is 5.91 Å². The highest BCUT2D eigenvalue weighted by Crippen LogP contribution is 2.21. The molecule has 166 valence electrons. The highest BCUT2D eigenvalue weighted by molar-refractivity contribution is 6.33. The maximum Gasteiger partial charge on any atom is 0.266 e. The summed E-state index contributed by atoms with van der Waals surface area (Å²) in [5, 5.41) is 15.3. The summed E-state index contributed by atoms with van der Waals surface area (Å²) in [4.78, 5) is 24.6. The van der Waals surface area contributed by atoms with Crippen LogP contribution in [0.2, 0.25) is 5.02 Å². The van der Waals surface area contributed by atoms with Gasteiger partial charge >= 0.3 is 0 Å². The Balaban J connectivity index is 1.59. The van der Waals surface area contributed by atoms with Crippen LogP contribution in [0.4, 0.5) is 11.4 Å². The van der Waals surface area contributed by atoms with Crippen molar-refractivity contribution in [3.63, 3.8) is 0 Å². The molecule has 0 aromatic heterocycles. The maximum absolute atomic E-state index is 12.5. The lowest BCUT2D eigenvalue weighted by atomic mass is 10.1. The Hall–Kier alpha value is -4.08. The van der Waals surface area contributed by atoms with Gasteiger partial charge in [-0.2, -0.15) is 5.26 Å². The number of nitrogens with one attached hydrogen (secondary N) is 2. The molecule has 0 spiro atoms. The number of anilines is 2. The zero-order chi connectivity index (χ0) is 23.8. The van der Waals surface area contributed by atoms with E-state index in [1.54, 1.807) is 48.5 Å². The molecular weight excluding hydrogens is 438 g/mol. The van der Waals surface area contributed by atoms with Crippen molar-refractivity contribution in [3.05, 3.63) is 94.0 Å². The number of nitrogens with zero attached hydrogens (tertiary/aromatic N) is 1. The van der Waals surface area contributed by atoms with E-state index in [9.17, 15) is 14.9 Å². The highest BCUT2D eigenvalue weighted by atomic mass is 35.5. The predicted octanol–water partition coefficient (Wildman–Crippen LogP) is 5.52. The van der Waals surface area contributed by atoms with Crippen LogP contribution in [0.1, 0.15) is 16.7 Å². The summed E-state index contributed by atoms with van der Waals surface area (Å²) in [6.45, 7) is 3.67. The first-order chi connectivity index (χ1) is 15.9. The Morgan fingerprint density at radius 2 is 1.73 bits per heavy atom. The molecule has 3 aromatic carbocycles. The molecule has 0 aliphatic carbocycles. The number of para-hydroxylation sites is 1. The molecule has 3 rings (SSSR count). The zero-order valence-electron chi connectivity index (χ0n) is 18.2. The Morgan fingerprint density at radius 3 is 2.39 bits per heavy atom. The van der Waals surface area contributed by atoms with Crippen molar-refractivity contribution in [2.45, 2.75) is 13.8 Å². The van der Waals surface area contributed by atoms with Crippen LogP contribution in [-0.2, 0) is 9.59 Å². The first-order valence-corrected chi connectivity index (χ1v) is 10.5. The number of benzene rings is 3. The topological polar surface area (TPSA) is 91.2 Å². The van der Waals surface area contributed by atoms with Gasteiger partial charge in [-0.15, -0.1) is 0 Å². The van der Waals surface area contributed by atoms with Gasteiger partial charge < -0.3 is 15.4 Å². The van der Waals surface area contributed by atoms with Crippen molar-refractivity contribution in [1.82, 2.24) is 0 Å². The smallest absolute Gasteiger partial charge is 0.266 e. The molecule has 0 atom stereocenters. The molecular formula is C26H22ClN3O3. The maximum atomic E-state index is 12.5. The third-order valence-corrected chi connectivity index (χ3v) is 5.03. The molecule has 0 heterocycles. The molecule has 33 heavy (non-hydrogen) atoms. The van der Waals surface area contributed by atoms with Crippen LogP contribution in [0.3, 0.4) is 0 Å². The van der Waals surface area contributed by atoms with Gasteiger partial charge in [0.1, 0.15) is 17.4 Å². The van der Waals surface area contributed by atoms with Crippen molar-refractivity contribution >= 4 is 40.9 Å². The summed E-state index contributed by atoms with van der Waals surface area (Å²) in [6, 6.07) is 21.2. The monoisotopic (exact) mass is 459 g/mol. The molecule has 2 N–H and O–H groups in total. The fraction of sp³-hybridized carbons (Fsp3) is 0.115. The summed E-state index contributed by atoms with van der Waals surface area (Å²) in [5.74, 6) is -0.359. The van der Waals surface area contributed by atoms with Gasteiger partial charge in [-0.1, -0.05) is 53.6 Å². The minimum Gasteiger partial charge on any atom is -0.484 e. The minimum atomic E-state index is -0.485.